The highest BCUT2D eigenvalue weighted by atomic mass is 16.5. The number of hydrogen-bond donors (Lipinski definition) is 0. The third-order valence-electron chi connectivity index (χ3n) is 2.44. The molecule has 76 valence electrons. The molecule has 1 rings (SSSR count). The van der Waals surface area contributed by atoms with Gasteiger partial charge >= 0.3 is 0 Å². The monoisotopic (exact) mass is 192 g/mol. The molecule has 1 aromatic rings. The lowest BCUT2D eigenvalue weighted by Gasteiger charge is -2.14. The Labute approximate surface area is 84.9 Å². The Bertz CT molecular complexity index is 318. The van der Waals surface area contributed by atoms with E-state index in [1.165, 1.54) is 0 Å². The fourth-order valence-corrected chi connectivity index (χ4v) is 1.65. The molecule has 2 heteroatoms. The van der Waals surface area contributed by atoms with Crippen LogP contribution in [0.2, 0.25) is 0 Å². The van der Waals surface area contributed by atoms with Crippen LogP contribution >= 0.6 is 0 Å². The Kier molecular flexibility index (Phi) is 3.69. The van der Waals surface area contributed by atoms with Crippen LogP contribution in [0.1, 0.15) is 30.9 Å². The van der Waals surface area contributed by atoms with E-state index in [-0.39, 0.29) is 5.92 Å². The summed E-state index contributed by atoms with van der Waals surface area (Å²) >= 11 is 0. The lowest BCUT2D eigenvalue weighted by molar-refractivity contribution is -0.108. The molecular formula is C12H16O2. The van der Waals surface area contributed by atoms with Gasteiger partial charge in [0.15, 0.2) is 0 Å². The third-order valence-corrected chi connectivity index (χ3v) is 2.44. The van der Waals surface area contributed by atoms with Gasteiger partial charge in [0.25, 0.3) is 0 Å². The average molecular weight is 192 g/mol. The quantitative estimate of drug-likeness (QED) is 0.685. The number of ether oxygens (including phenoxy) is 1. The maximum Gasteiger partial charge on any atom is 0.127 e. The van der Waals surface area contributed by atoms with E-state index in [9.17, 15) is 4.79 Å². The molecule has 0 fully saturated rings. The van der Waals surface area contributed by atoms with Crippen LogP contribution in [0.3, 0.4) is 0 Å². The highest BCUT2D eigenvalue weighted by Gasteiger charge is 2.11. The number of aldehydes is 1. The minimum absolute atomic E-state index is 0.0555. The molecule has 0 radical (unpaired) electrons. The van der Waals surface area contributed by atoms with E-state index in [4.69, 9.17) is 4.74 Å². The highest BCUT2D eigenvalue weighted by molar-refractivity contribution is 5.63. The van der Waals surface area contributed by atoms with Gasteiger partial charge in [-0.05, 0) is 23.6 Å². The van der Waals surface area contributed by atoms with Gasteiger partial charge in [0.2, 0.25) is 0 Å². The predicted molar refractivity (Wildman–Crippen MR) is 56.9 cm³/mol. The van der Waals surface area contributed by atoms with Gasteiger partial charge in [0, 0.05) is 5.92 Å². The Hall–Kier alpha value is -1.31. The fraction of sp³-hybridized carbons (Fsp3) is 0.417. The molecule has 2 nitrogen and oxygen atoms in total. The summed E-state index contributed by atoms with van der Waals surface area (Å²) in [7, 11) is 1.66. The van der Waals surface area contributed by atoms with Crippen molar-refractivity contribution in [2.24, 2.45) is 0 Å². The zero-order valence-corrected chi connectivity index (χ0v) is 8.91. The normalized spacial score (nSPS) is 12.2. The van der Waals surface area contributed by atoms with Crippen LogP contribution in [0.4, 0.5) is 0 Å². The summed E-state index contributed by atoms with van der Waals surface area (Å²) in [6.07, 6.45) is 1.85. The first-order chi connectivity index (χ1) is 6.74. The molecule has 0 N–H and O–H groups in total. The van der Waals surface area contributed by atoms with Crippen molar-refractivity contribution in [3.05, 3.63) is 29.3 Å². The zero-order chi connectivity index (χ0) is 10.6. The van der Waals surface area contributed by atoms with Gasteiger partial charge in [-0.15, -0.1) is 0 Å². The van der Waals surface area contributed by atoms with Gasteiger partial charge in [-0.3, -0.25) is 0 Å². The first-order valence-corrected chi connectivity index (χ1v) is 4.85. The van der Waals surface area contributed by atoms with Crippen LogP contribution in [0.5, 0.6) is 5.75 Å². The predicted octanol–water partition coefficient (Wildman–Crippen LogP) is 2.56. The molecule has 0 aromatic heterocycles. The summed E-state index contributed by atoms with van der Waals surface area (Å²) in [6.45, 7) is 3.97. The molecule has 1 aromatic carbocycles. The second-order valence-corrected chi connectivity index (χ2v) is 3.31. The van der Waals surface area contributed by atoms with Gasteiger partial charge in [-0.2, -0.15) is 0 Å². The van der Waals surface area contributed by atoms with Crippen LogP contribution in [-0.4, -0.2) is 13.4 Å². The lowest BCUT2D eigenvalue weighted by atomic mass is 9.95. The van der Waals surface area contributed by atoms with E-state index in [1.807, 2.05) is 25.1 Å². The molecule has 0 spiro atoms. The Morgan fingerprint density at radius 3 is 2.71 bits per heavy atom. The minimum atomic E-state index is -0.0555. The van der Waals surface area contributed by atoms with Crippen LogP contribution in [0.15, 0.2) is 18.2 Å². The maximum absolute atomic E-state index is 10.7. The van der Waals surface area contributed by atoms with E-state index in [0.717, 1.165) is 29.6 Å². The van der Waals surface area contributed by atoms with Crippen molar-refractivity contribution >= 4 is 6.29 Å². The molecule has 1 atom stereocenters. The lowest BCUT2D eigenvalue weighted by Crippen LogP contribution is -2.01. The Balaban J connectivity index is 3.21. The molecule has 1 unspecified atom stereocenters. The van der Waals surface area contributed by atoms with E-state index in [1.54, 1.807) is 7.11 Å². The van der Waals surface area contributed by atoms with Crippen molar-refractivity contribution in [1.29, 1.82) is 0 Å². The summed E-state index contributed by atoms with van der Waals surface area (Å²) < 4.78 is 5.26. The molecular weight excluding hydrogens is 176 g/mol. The largest absolute Gasteiger partial charge is 0.496 e. The molecule has 0 aliphatic carbocycles. The zero-order valence-electron chi connectivity index (χ0n) is 8.91. The number of hydrogen-bond acceptors (Lipinski definition) is 2. The van der Waals surface area contributed by atoms with Gasteiger partial charge in [0.1, 0.15) is 12.0 Å². The molecule has 14 heavy (non-hydrogen) atoms. The van der Waals surface area contributed by atoms with Crippen molar-refractivity contribution in [3.8, 4) is 5.75 Å². The minimum Gasteiger partial charge on any atom is -0.496 e. The maximum atomic E-state index is 10.7. The van der Waals surface area contributed by atoms with Gasteiger partial charge in [-0.25, -0.2) is 0 Å². The third kappa shape index (κ3) is 1.95. The molecule has 0 aliphatic rings. The second-order valence-electron chi connectivity index (χ2n) is 3.31. The average Bonchev–Trinajstić information content (AvgIpc) is 2.26. The van der Waals surface area contributed by atoms with Gasteiger partial charge < -0.3 is 9.53 Å². The SMILES string of the molecule is CCc1c(OC)cccc1C(C)C=O. The Morgan fingerprint density at radius 2 is 2.21 bits per heavy atom. The van der Waals surface area contributed by atoms with E-state index >= 15 is 0 Å². The standard InChI is InChI=1S/C12H16O2/c1-4-10-11(9(2)8-13)6-5-7-12(10)14-3/h5-9H,4H2,1-3H3. The molecule has 0 saturated carbocycles. The number of rotatable bonds is 4. The van der Waals surface area contributed by atoms with Crippen molar-refractivity contribution in [2.75, 3.05) is 7.11 Å². The molecule has 0 amide bonds. The molecule has 0 bridgehead atoms. The molecule has 0 aliphatic heterocycles. The molecule has 0 heterocycles. The molecule has 0 saturated heterocycles. The van der Waals surface area contributed by atoms with E-state index in [2.05, 4.69) is 6.92 Å². The first-order valence-electron chi connectivity index (χ1n) is 4.85. The highest BCUT2D eigenvalue weighted by Crippen LogP contribution is 2.27. The summed E-state index contributed by atoms with van der Waals surface area (Å²) in [5, 5.41) is 0. The smallest absolute Gasteiger partial charge is 0.127 e. The van der Waals surface area contributed by atoms with Gasteiger partial charge in [0.05, 0.1) is 7.11 Å². The fourth-order valence-electron chi connectivity index (χ4n) is 1.65. The summed E-state index contributed by atoms with van der Waals surface area (Å²) in [6, 6.07) is 5.84. The summed E-state index contributed by atoms with van der Waals surface area (Å²) in [5.41, 5.74) is 2.21. The summed E-state index contributed by atoms with van der Waals surface area (Å²) in [4.78, 5) is 10.7. The second kappa shape index (κ2) is 4.80. The van der Waals surface area contributed by atoms with Gasteiger partial charge in [-0.1, -0.05) is 26.0 Å². The van der Waals surface area contributed by atoms with Crippen molar-refractivity contribution in [3.63, 3.8) is 0 Å². The number of carbonyl (C=O) groups excluding carboxylic acids is 1. The number of methoxy groups -OCH3 is 1. The van der Waals surface area contributed by atoms with E-state index < -0.39 is 0 Å². The number of benzene rings is 1. The van der Waals surface area contributed by atoms with Crippen molar-refractivity contribution in [2.45, 2.75) is 26.2 Å². The van der Waals surface area contributed by atoms with Crippen molar-refractivity contribution in [1.82, 2.24) is 0 Å². The number of carbonyl (C=O) groups is 1. The summed E-state index contributed by atoms with van der Waals surface area (Å²) in [5.74, 6) is 0.818. The van der Waals surface area contributed by atoms with E-state index in [0.29, 0.717) is 0 Å². The Morgan fingerprint density at radius 1 is 1.50 bits per heavy atom. The first kappa shape index (κ1) is 10.8. The van der Waals surface area contributed by atoms with Crippen LogP contribution in [0, 0.1) is 0 Å². The van der Waals surface area contributed by atoms with Crippen LogP contribution in [-0.2, 0) is 11.2 Å². The topological polar surface area (TPSA) is 26.3 Å². The van der Waals surface area contributed by atoms with Crippen LogP contribution in [0.25, 0.3) is 0 Å². The van der Waals surface area contributed by atoms with Crippen molar-refractivity contribution < 1.29 is 9.53 Å². The van der Waals surface area contributed by atoms with Crippen LogP contribution < -0.4 is 4.74 Å².